The highest BCUT2D eigenvalue weighted by Crippen LogP contribution is 2.26. The quantitative estimate of drug-likeness (QED) is 0.319. The summed E-state index contributed by atoms with van der Waals surface area (Å²) >= 11 is 0. The van der Waals surface area contributed by atoms with Crippen molar-refractivity contribution in [3.63, 3.8) is 0 Å². The van der Waals surface area contributed by atoms with Crippen LogP contribution < -0.4 is 10.1 Å². The number of rotatable bonds is 7. The van der Waals surface area contributed by atoms with Crippen molar-refractivity contribution < 1.29 is 9.53 Å². The Morgan fingerprint density at radius 3 is 2.41 bits per heavy atom. The molecule has 0 bridgehead atoms. The normalized spacial score (nSPS) is 11.2. The average molecular weight is 424 g/mol. The van der Waals surface area contributed by atoms with Crippen molar-refractivity contribution in [2.45, 2.75) is 13.5 Å². The number of hydrogen-bond acceptors (Lipinski definition) is 3. The zero-order chi connectivity index (χ0) is 22.3. The monoisotopic (exact) mass is 423 g/mol. The number of amides is 1. The largest absolute Gasteiger partial charge is 0.496 e. The molecule has 0 aliphatic carbocycles. The molecular weight excluding hydrogens is 398 g/mol. The summed E-state index contributed by atoms with van der Waals surface area (Å²) in [5, 5.41) is 3.03. The van der Waals surface area contributed by atoms with Crippen molar-refractivity contribution in [3.05, 3.63) is 114 Å². The van der Waals surface area contributed by atoms with Gasteiger partial charge in [0.25, 0.3) is 5.91 Å². The van der Waals surface area contributed by atoms with Gasteiger partial charge in [0, 0.05) is 35.8 Å². The minimum absolute atomic E-state index is 0.180. The topological polar surface area (TPSA) is 56.1 Å². The van der Waals surface area contributed by atoms with Gasteiger partial charge in [-0.15, -0.1) is 0 Å². The van der Waals surface area contributed by atoms with E-state index < -0.39 is 0 Å². The highest BCUT2D eigenvalue weighted by Gasteiger charge is 2.14. The summed E-state index contributed by atoms with van der Waals surface area (Å²) in [6.07, 6.45) is 5.61. The van der Waals surface area contributed by atoms with Gasteiger partial charge in [-0.05, 0) is 42.3 Å². The Hall–Kier alpha value is -4.12. The fourth-order valence-corrected chi connectivity index (χ4v) is 3.50. The van der Waals surface area contributed by atoms with Crippen LogP contribution in [-0.4, -0.2) is 22.6 Å². The Balaban J connectivity index is 1.58. The van der Waals surface area contributed by atoms with Gasteiger partial charge in [0.15, 0.2) is 0 Å². The highest BCUT2D eigenvalue weighted by molar-refractivity contribution is 6.29. The number of carbonyl (C=O) groups excluding carboxylic acids is 1. The van der Waals surface area contributed by atoms with Gasteiger partial charge in [0.2, 0.25) is 0 Å². The molecule has 0 radical (unpaired) electrons. The molecule has 5 heteroatoms. The Bertz CT molecular complexity index is 1230. The number of aromatic nitrogens is 2. The maximum Gasteiger partial charge on any atom is 0.256 e. The number of imidazole rings is 1. The summed E-state index contributed by atoms with van der Waals surface area (Å²) in [4.78, 5) is 17.5. The molecule has 0 fully saturated rings. The van der Waals surface area contributed by atoms with E-state index in [1.54, 1.807) is 13.3 Å². The number of nitrogens with one attached hydrogen (secondary N) is 1. The summed E-state index contributed by atoms with van der Waals surface area (Å²) in [6, 6.07) is 25.2. The van der Waals surface area contributed by atoms with Gasteiger partial charge < -0.3 is 14.6 Å². The van der Waals surface area contributed by atoms with E-state index >= 15 is 0 Å². The van der Waals surface area contributed by atoms with E-state index in [2.05, 4.69) is 14.9 Å². The lowest BCUT2D eigenvalue weighted by molar-refractivity contribution is -0.111. The zero-order valence-electron chi connectivity index (χ0n) is 18.2. The second-order valence-electron chi connectivity index (χ2n) is 7.42. The van der Waals surface area contributed by atoms with Crippen LogP contribution in [-0.2, 0) is 11.3 Å². The van der Waals surface area contributed by atoms with Crippen LogP contribution in [0.4, 0.5) is 5.69 Å². The first-order chi connectivity index (χ1) is 15.6. The van der Waals surface area contributed by atoms with Crippen molar-refractivity contribution in [1.29, 1.82) is 0 Å². The fraction of sp³-hybridized carbons (Fsp3) is 0.111. The van der Waals surface area contributed by atoms with E-state index in [1.807, 2.05) is 98.1 Å². The summed E-state index contributed by atoms with van der Waals surface area (Å²) in [5.74, 6) is 1.50. The van der Waals surface area contributed by atoms with Crippen LogP contribution in [0.15, 0.2) is 91.3 Å². The standard InChI is InChI=1S/C27H25N3O2/c1-20-28-16-17-30(20)19-21-12-14-24(15-13-21)29-27(31)25(22-8-4-3-5-9-22)18-23-10-6-7-11-26(23)32-2/h3-18H,19H2,1-2H3,(H,29,31)/b25-18+. The molecule has 0 aliphatic rings. The molecule has 0 unspecified atom stereocenters. The van der Waals surface area contributed by atoms with Gasteiger partial charge in [0.1, 0.15) is 11.6 Å². The maximum atomic E-state index is 13.3. The number of hydrogen-bond donors (Lipinski definition) is 1. The van der Waals surface area contributed by atoms with E-state index in [-0.39, 0.29) is 5.91 Å². The Morgan fingerprint density at radius 2 is 1.72 bits per heavy atom. The predicted molar refractivity (Wildman–Crippen MR) is 128 cm³/mol. The number of para-hydroxylation sites is 1. The summed E-state index contributed by atoms with van der Waals surface area (Å²) < 4.78 is 7.54. The lowest BCUT2D eigenvalue weighted by Gasteiger charge is -2.12. The van der Waals surface area contributed by atoms with Crippen LogP contribution in [0.5, 0.6) is 5.75 Å². The van der Waals surface area contributed by atoms with Gasteiger partial charge in [-0.25, -0.2) is 4.98 Å². The van der Waals surface area contributed by atoms with E-state index in [9.17, 15) is 4.79 Å². The van der Waals surface area contributed by atoms with Gasteiger partial charge in [-0.3, -0.25) is 4.79 Å². The minimum Gasteiger partial charge on any atom is -0.496 e. The second kappa shape index (κ2) is 9.79. The van der Waals surface area contributed by atoms with Crippen LogP contribution in [0.3, 0.4) is 0 Å². The molecule has 0 saturated heterocycles. The van der Waals surface area contributed by atoms with Gasteiger partial charge in [0.05, 0.1) is 7.11 Å². The molecule has 4 aromatic rings. The molecule has 1 aromatic heterocycles. The molecule has 5 nitrogen and oxygen atoms in total. The smallest absolute Gasteiger partial charge is 0.256 e. The van der Waals surface area contributed by atoms with Crippen LogP contribution in [0.1, 0.15) is 22.5 Å². The highest BCUT2D eigenvalue weighted by atomic mass is 16.5. The number of aryl methyl sites for hydroxylation is 1. The number of anilines is 1. The summed E-state index contributed by atoms with van der Waals surface area (Å²) in [5.41, 5.74) is 4.12. The summed E-state index contributed by atoms with van der Waals surface area (Å²) in [6.45, 7) is 2.72. The molecular formula is C27H25N3O2. The zero-order valence-corrected chi connectivity index (χ0v) is 18.2. The van der Waals surface area contributed by atoms with Crippen molar-refractivity contribution in [1.82, 2.24) is 9.55 Å². The SMILES string of the molecule is COc1ccccc1/C=C(/C(=O)Nc1ccc(Cn2ccnc2C)cc1)c1ccccc1. The molecule has 1 amide bonds. The molecule has 1 heterocycles. The Morgan fingerprint density at radius 1 is 1.00 bits per heavy atom. The van der Waals surface area contributed by atoms with E-state index in [0.29, 0.717) is 11.3 Å². The number of carbonyl (C=O) groups is 1. The van der Waals surface area contributed by atoms with Crippen molar-refractivity contribution in [2.24, 2.45) is 0 Å². The third kappa shape index (κ3) is 4.95. The first kappa shape index (κ1) is 21.1. The van der Waals surface area contributed by atoms with E-state index in [0.717, 1.165) is 34.7 Å². The Kier molecular flexibility index (Phi) is 6.46. The van der Waals surface area contributed by atoms with Crippen molar-refractivity contribution in [3.8, 4) is 5.75 Å². The molecule has 0 spiro atoms. The van der Waals surface area contributed by atoms with E-state index in [1.165, 1.54) is 0 Å². The molecule has 3 aromatic carbocycles. The third-order valence-electron chi connectivity index (χ3n) is 5.26. The minimum atomic E-state index is -0.180. The third-order valence-corrected chi connectivity index (χ3v) is 5.26. The van der Waals surface area contributed by atoms with Crippen LogP contribution in [0.2, 0.25) is 0 Å². The van der Waals surface area contributed by atoms with E-state index in [4.69, 9.17) is 4.74 Å². The van der Waals surface area contributed by atoms with Crippen LogP contribution >= 0.6 is 0 Å². The van der Waals surface area contributed by atoms with Crippen LogP contribution in [0.25, 0.3) is 11.6 Å². The first-order valence-electron chi connectivity index (χ1n) is 10.4. The lowest BCUT2D eigenvalue weighted by Crippen LogP contribution is -2.14. The van der Waals surface area contributed by atoms with Gasteiger partial charge in [-0.2, -0.15) is 0 Å². The van der Waals surface area contributed by atoms with Crippen molar-refractivity contribution in [2.75, 3.05) is 12.4 Å². The molecule has 32 heavy (non-hydrogen) atoms. The molecule has 4 rings (SSSR count). The lowest BCUT2D eigenvalue weighted by atomic mass is 10.0. The number of benzene rings is 3. The average Bonchev–Trinajstić information content (AvgIpc) is 3.23. The van der Waals surface area contributed by atoms with Gasteiger partial charge >= 0.3 is 0 Å². The van der Waals surface area contributed by atoms with Crippen molar-refractivity contribution >= 4 is 23.2 Å². The molecule has 0 atom stereocenters. The number of ether oxygens (including phenoxy) is 1. The molecule has 160 valence electrons. The molecule has 0 aliphatic heterocycles. The number of methoxy groups -OCH3 is 1. The maximum absolute atomic E-state index is 13.3. The van der Waals surface area contributed by atoms with Gasteiger partial charge in [-0.1, -0.05) is 60.7 Å². The fourth-order valence-electron chi connectivity index (χ4n) is 3.50. The first-order valence-corrected chi connectivity index (χ1v) is 10.4. The summed E-state index contributed by atoms with van der Waals surface area (Å²) in [7, 11) is 1.63. The van der Waals surface area contributed by atoms with Crippen LogP contribution in [0, 0.1) is 6.92 Å². The predicted octanol–water partition coefficient (Wildman–Crippen LogP) is 5.43. The second-order valence-corrected chi connectivity index (χ2v) is 7.42. The molecule has 1 N–H and O–H groups in total. The Labute approximate surface area is 188 Å². The molecule has 0 saturated carbocycles. The number of nitrogens with zero attached hydrogens (tertiary/aromatic N) is 2.